The molecule has 0 N–H and O–H groups in total. The number of esters is 3. The molecule has 0 aliphatic carbocycles. The van der Waals surface area contributed by atoms with Gasteiger partial charge in [0.15, 0.2) is 6.10 Å². The highest BCUT2D eigenvalue weighted by molar-refractivity contribution is 5.71. The maximum absolute atomic E-state index is 12.8. The summed E-state index contributed by atoms with van der Waals surface area (Å²) in [5.41, 5.74) is 0. The van der Waals surface area contributed by atoms with Crippen LogP contribution in [-0.4, -0.2) is 37.2 Å². The van der Waals surface area contributed by atoms with E-state index in [9.17, 15) is 14.4 Å². The van der Waals surface area contributed by atoms with Gasteiger partial charge in [0.25, 0.3) is 0 Å². The van der Waals surface area contributed by atoms with Gasteiger partial charge in [-0.25, -0.2) is 0 Å². The van der Waals surface area contributed by atoms with Gasteiger partial charge in [0.1, 0.15) is 13.2 Å². The summed E-state index contributed by atoms with van der Waals surface area (Å²) in [6.45, 7) is 6.24. The van der Waals surface area contributed by atoms with Gasteiger partial charge in [-0.15, -0.1) is 0 Å². The Kier molecular flexibility index (Phi) is 46.0. The molecule has 0 spiro atoms. The molecule has 0 bridgehead atoms. The van der Waals surface area contributed by atoms with Crippen molar-refractivity contribution in [2.24, 2.45) is 0 Å². The molecule has 0 aromatic heterocycles. The lowest BCUT2D eigenvalue weighted by Gasteiger charge is -2.18. The molecular weight excluding hydrogens is 757 g/mol. The Bertz CT molecular complexity index is 1250. The van der Waals surface area contributed by atoms with E-state index in [0.717, 1.165) is 128 Å². The van der Waals surface area contributed by atoms with E-state index in [1.165, 1.54) is 44.9 Å². The lowest BCUT2D eigenvalue weighted by atomic mass is 10.1. The van der Waals surface area contributed by atoms with Gasteiger partial charge in [-0.05, 0) is 96.3 Å². The molecule has 0 radical (unpaired) electrons. The molecule has 0 rings (SSSR count). The van der Waals surface area contributed by atoms with E-state index in [0.29, 0.717) is 19.3 Å². The first-order chi connectivity index (χ1) is 30.0. The number of ether oxygens (including phenoxy) is 3. The van der Waals surface area contributed by atoms with Gasteiger partial charge >= 0.3 is 17.9 Å². The van der Waals surface area contributed by atoms with Crippen LogP contribution < -0.4 is 0 Å². The lowest BCUT2D eigenvalue weighted by Crippen LogP contribution is -2.30. The fourth-order valence-corrected chi connectivity index (χ4v) is 6.49. The van der Waals surface area contributed by atoms with Crippen LogP contribution in [0.5, 0.6) is 0 Å². The average Bonchev–Trinajstić information content (AvgIpc) is 3.26. The largest absolute Gasteiger partial charge is 0.462 e. The summed E-state index contributed by atoms with van der Waals surface area (Å²) in [7, 11) is 0. The van der Waals surface area contributed by atoms with Gasteiger partial charge < -0.3 is 14.2 Å². The second-order valence-electron chi connectivity index (χ2n) is 16.0. The van der Waals surface area contributed by atoms with Crippen LogP contribution in [0.3, 0.4) is 0 Å². The van der Waals surface area contributed by atoms with E-state index in [4.69, 9.17) is 14.2 Å². The van der Waals surface area contributed by atoms with Crippen LogP contribution in [0.1, 0.15) is 213 Å². The smallest absolute Gasteiger partial charge is 0.306 e. The lowest BCUT2D eigenvalue weighted by molar-refractivity contribution is -0.167. The van der Waals surface area contributed by atoms with Crippen LogP contribution >= 0.6 is 0 Å². The maximum atomic E-state index is 12.8. The molecule has 1 unspecified atom stereocenters. The third-order valence-electron chi connectivity index (χ3n) is 10.1. The molecule has 0 aromatic carbocycles. The zero-order valence-corrected chi connectivity index (χ0v) is 39.4. The van der Waals surface area contributed by atoms with Gasteiger partial charge in [-0.2, -0.15) is 0 Å². The first-order valence-corrected chi connectivity index (χ1v) is 24.8. The average molecular weight is 847 g/mol. The number of carbonyl (C=O) groups is 3. The predicted octanol–water partition coefficient (Wildman–Crippen LogP) is 16.2. The summed E-state index contributed by atoms with van der Waals surface area (Å²) in [5, 5.41) is 0. The summed E-state index contributed by atoms with van der Waals surface area (Å²) < 4.78 is 16.7. The van der Waals surface area contributed by atoms with Gasteiger partial charge in [0, 0.05) is 19.3 Å². The van der Waals surface area contributed by atoms with E-state index in [-0.39, 0.29) is 31.1 Å². The minimum absolute atomic E-state index is 0.0959. The molecule has 0 saturated carbocycles. The Balaban J connectivity index is 4.45. The Hall–Kier alpha value is -3.67. The highest BCUT2D eigenvalue weighted by atomic mass is 16.6. The summed E-state index contributed by atoms with van der Waals surface area (Å²) in [4.78, 5) is 37.9. The van der Waals surface area contributed by atoms with Crippen LogP contribution in [-0.2, 0) is 28.6 Å². The Morgan fingerprint density at radius 1 is 0.344 bits per heavy atom. The normalized spacial score (nSPS) is 12.9. The Labute approximate surface area is 375 Å². The van der Waals surface area contributed by atoms with E-state index in [1.54, 1.807) is 0 Å². The Morgan fingerprint density at radius 2 is 0.672 bits per heavy atom. The molecule has 0 saturated heterocycles. The standard InChI is InChI=1S/C55H90O6/c1-4-7-10-13-16-19-22-25-27-28-31-33-36-39-42-45-48-54(57)60-51-52(50-59-53(56)47-44-41-38-35-32-29-24-21-18-15-12-9-6-3)61-55(58)49-46-43-40-37-34-30-26-23-20-17-14-11-8-5-2/h7-12,15-21,24-25,27,52H,4-6,13-14,22-23,26,28-51H2,1-3H3/b10-7+,11-8+,12-9+,18-15+,19-16+,20-17+,24-21+,27-25+. The van der Waals surface area contributed by atoms with E-state index in [1.807, 2.05) is 0 Å². The number of unbranched alkanes of at least 4 members (excludes halogenated alkanes) is 18. The van der Waals surface area contributed by atoms with E-state index >= 15 is 0 Å². The molecule has 61 heavy (non-hydrogen) atoms. The summed E-state index contributed by atoms with van der Waals surface area (Å²) in [6, 6.07) is 0. The van der Waals surface area contributed by atoms with Crippen molar-refractivity contribution in [2.45, 2.75) is 219 Å². The Morgan fingerprint density at radius 3 is 1.10 bits per heavy atom. The molecule has 0 heterocycles. The fourth-order valence-electron chi connectivity index (χ4n) is 6.49. The van der Waals surface area contributed by atoms with Gasteiger partial charge in [0.05, 0.1) is 0 Å². The van der Waals surface area contributed by atoms with Crippen LogP contribution in [0, 0.1) is 0 Å². The zero-order chi connectivity index (χ0) is 44.4. The monoisotopic (exact) mass is 847 g/mol. The van der Waals surface area contributed by atoms with E-state index in [2.05, 4.69) is 118 Å². The van der Waals surface area contributed by atoms with Crippen molar-refractivity contribution in [3.05, 3.63) is 97.2 Å². The van der Waals surface area contributed by atoms with Crippen molar-refractivity contribution < 1.29 is 28.6 Å². The van der Waals surface area contributed by atoms with Crippen molar-refractivity contribution >= 4 is 17.9 Å². The molecular formula is C55H90O6. The molecule has 346 valence electrons. The fraction of sp³-hybridized carbons (Fsp3) is 0.655. The summed E-state index contributed by atoms with van der Waals surface area (Å²) >= 11 is 0. The van der Waals surface area contributed by atoms with Crippen molar-refractivity contribution in [3.8, 4) is 0 Å². The number of hydrogen-bond acceptors (Lipinski definition) is 6. The maximum Gasteiger partial charge on any atom is 0.306 e. The highest BCUT2D eigenvalue weighted by Crippen LogP contribution is 2.14. The molecule has 1 atom stereocenters. The van der Waals surface area contributed by atoms with Crippen LogP contribution in [0.4, 0.5) is 0 Å². The van der Waals surface area contributed by atoms with Gasteiger partial charge in [0.2, 0.25) is 0 Å². The zero-order valence-electron chi connectivity index (χ0n) is 39.4. The minimum Gasteiger partial charge on any atom is -0.462 e. The summed E-state index contributed by atoms with van der Waals surface area (Å²) in [6.07, 6.45) is 63.9. The first kappa shape index (κ1) is 57.3. The van der Waals surface area contributed by atoms with Crippen molar-refractivity contribution in [1.29, 1.82) is 0 Å². The molecule has 0 aliphatic rings. The number of carbonyl (C=O) groups excluding carboxylic acids is 3. The molecule has 0 fully saturated rings. The van der Waals surface area contributed by atoms with Crippen molar-refractivity contribution in [2.75, 3.05) is 13.2 Å². The second-order valence-corrected chi connectivity index (χ2v) is 16.0. The highest BCUT2D eigenvalue weighted by Gasteiger charge is 2.19. The number of allylic oxidation sites excluding steroid dienone is 16. The topological polar surface area (TPSA) is 78.9 Å². The molecule has 0 aliphatic heterocycles. The van der Waals surface area contributed by atoms with Crippen molar-refractivity contribution in [1.82, 2.24) is 0 Å². The number of hydrogen-bond donors (Lipinski definition) is 0. The first-order valence-electron chi connectivity index (χ1n) is 24.8. The SMILES string of the molecule is CC/C=C/C=C/C=C/CCCCCCCC(=O)OCC(COC(=O)CCCCCCCC/C=C/C/C=C/C/C=C/CC)OC(=O)CCCCCCCCC/C=C/C/C=C/CC. The molecule has 6 nitrogen and oxygen atoms in total. The minimum atomic E-state index is -0.796. The van der Waals surface area contributed by atoms with Gasteiger partial charge in [-0.3, -0.25) is 14.4 Å². The predicted molar refractivity (Wildman–Crippen MR) is 260 cm³/mol. The van der Waals surface area contributed by atoms with Gasteiger partial charge in [-0.1, -0.05) is 195 Å². The molecule has 6 heteroatoms. The molecule has 0 amide bonds. The van der Waals surface area contributed by atoms with Crippen LogP contribution in [0.2, 0.25) is 0 Å². The van der Waals surface area contributed by atoms with Crippen LogP contribution in [0.25, 0.3) is 0 Å². The summed E-state index contributed by atoms with van der Waals surface area (Å²) in [5.74, 6) is -0.942. The van der Waals surface area contributed by atoms with E-state index < -0.39 is 6.10 Å². The number of rotatable bonds is 43. The molecule has 0 aromatic rings. The third kappa shape index (κ3) is 47.2. The quantitative estimate of drug-likeness (QED) is 0.0200. The second kappa shape index (κ2) is 49.0. The van der Waals surface area contributed by atoms with Crippen LogP contribution in [0.15, 0.2) is 97.2 Å². The van der Waals surface area contributed by atoms with Crippen molar-refractivity contribution in [3.63, 3.8) is 0 Å². The third-order valence-corrected chi connectivity index (χ3v) is 10.1.